The second-order valence-corrected chi connectivity index (χ2v) is 7.42. The molecule has 126 valence electrons. The van der Waals surface area contributed by atoms with E-state index in [9.17, 15) is 18.0 Å². The Morgan fingerprint density at radius 3 is 2.74 bits per heavy atom. The molecule has 0 spiro atoms. The lowest BCUT2D eigenvalue weighted by atomic mass is 10.1. The summed E-state index contributed by atoms with van der Waals surface area (Å²) in [5, 5.41) is 0. The van der Waals surface area contributed by atoms with Crippen LogP contribution in [0, 0.1) is 0 Å². The average Bonchev–Trinajstić information content (AvgIpc) is 2.53. The minimum atomic E-state index is -3.66. The second kappa shape index (κ2) is 7.10. The highest BCUT2D eigenvalue weighted by Crippen LogP contribution is 2.25. The third-order valence-corrected chi connectivity index (χ3v) is 5.77. The van der Waals surface area contributed by atoms with Gasteiger partial charge in [-0.25, -0.2) is 13.2 Å². The molecule has 1 amide bonds. The lowest BCUT2D eigenvalue weighted by molar-refractivity contribution is -0.121. The molecule has 2 N–H and O–H groups in total. The van der Waals surface area contributed by atoms with Crippen molar-refractivity contribution in [3.05, 3.63) is 29.8 Å². The molecule has 1 aliphatic rings. The van der Waals surface area contributed by atoms with E-state index in [1.807, 2.05) is 6.92 Å². The van der Waals surface area contributed by atoms with Crippen molar-refractivity contribution in [2.24, 2.45) is 5.73 Å². The predicted octanol–water partition coefficient (Wildman–Crippen LogP) is 0.892. The second-order valence-electron chi connectivity index (χ2n) is 5.53. The summed E-state index contributed by atoms with van der Waals surface area (Å²) in [4.78, 5) is 22.5. The van der Waals surface area contributed by atoms with Crippen LogP contribution in [0.1, 0.15) is 36.5 Å². The third kappa shape index (κ3) is 4.08. The zero-order valence-electron chi connectivity index (χ0n) is 12.9. The minimum Gasteiger partial charge on any atom is -0.452 e. The number of carbonyl (C=O) groups excluding carboxylic acids is 2. The number of carbonyl (C=O) groups is 2. The first-order valence-electron chi connectivity index (χ1n) is 7.39. The van der Waals surface area contributed by atoms with Gasteiger partial charge in [0.1, 0.15) is 0 Å². The highest BCUT2D eigenvalue weighted by atomic mass is 32.2. The number of sulfonamides is 1. The highest BCUT2D eigenvalue weighted by Gasteiger charge is 2.31. The number of esters is 1. The van der Waals surface area contributed by atoms with Crippen LogP contribution in [0.15, 0.2) is 29.2 Å². The zero-order chi connectivity index (χ0) is 17.0. The molecule has 0 aromatic heterocycles. The number of hydrogen-bond donors (Lipinski definition) is 1. The quantitative estimate of drug-likeness (QED) is 0.801. The Kier molecular flexibility index (Phi) is 5.38. The van der Waals surface area contributed by atoms with Gasteiger partial charge < -0.3 is 10.5 Å². The molecular weight excluding hydrogens is 320 g/mol. The standard InChI is InChI=1S/C15H20N2O5S/c1-11-5-2-3-8-17(11)23(20,21)13-7-4-6-12(9-13)15(19)22-10-14(16)18/h4,6-7,9,11H,2-3,5,8,10H2,1H3,(H2,16,18)/t11-/m0/s1. The third-order valence-electron chi connectivity index (χ3n) is 3.76. The first-order chi connectivity index (χ1) is 10.8. The number of amides is 1. The number of primary amides is 1. The van der Waals surface area contributed by atoms with Crippen molar-refractivity contribution in [1.29, 1.82) is 0 Å². The molecule has 1 saturated heterocycles. The fourth-order valence-corrected chi connectivity index (χ4v) is 4.31. The number of nitrogens with zero attached hydrogens (tertiary/aromatic N) is 1. The molecule has 2 rings (SSSR count). The molecule has 0 aliphatic carbocycles. The van der Waals surface area contributed by atoms with E-state index in [4.69, 9.17) is 10.5 Å². The minimum absolute atomic E-state index is 0.0415. The van der Waals surface area contributed by atoms with E-state index in [1.165, 1.54) is 28.6 Å². The molecule has 0 bridgehead atoms. The Balaban J connectivity index is 2.24. The molecule has 1 fully saturated rings. The number of piperidine rings is 1. The van der Waals surface area contributed by atoms with Gasteiger partial charge in [-0.2, -0.15) is 4.31 Å². The Morgan fingerprint density at radius 1 is 1.35 bits per heavy atom. The van der Waals surface area contributed by atoms with Crippen LogP contribution in [-0.2, 0) is 19.6 Å². The van der Waals surface area contributed by atoms with Crippen molar-refractivity contribution in [3.63, 3.8) is 0 Å². The number of benzene rings is 1. The molecule has 0 saturated carbocycles. The zero-order valence-corrected chi connectivity index (χ0v) is 13.7. The first-order valence-corrected chi connectivity index (χ1v) is 8.83. The molecule has 1 aromatic carbocycles. The van der Waals surface area contributed by atoms with E-state index >= 15 is 0 Å². The fraction of sp³-hybridized carbons (Fsp3) is 0.467. The van der Waals surface area contributed by atoms with Crippen LogP contribution in [0.2, 0.25) is 0 Å². The summed E-state index contributed by atoms with van der Waals surface area (Å²) in [7, 11) is -3.66. The molecule has 1 heterocycles. The molecule has 1 atom stereocenters. The van der Waals surface area contributed by atoms with E-state index in [2.05, 4.69) is 0 Å². The smallest absolute Gasteiger partial charge is 0.338 e. The molecule has 1 aromatic rings. The van der Waals surface area contributed by atoms with Crippen molar-refractivity contribution in [2.75, 3.05) is 13.2 Å². The van der Waals surface area contributed by atoms with Crippen molar-refractivity contribution >= 4 is 21.9 Å². The van der Waals surface area contributed by atoms with Crippen LogP contribution in [-0.4, -0.2) is 43.8 Å². The molecule has 1 aliphatic heterocycles. The van der Waals surface area contributed by atoms with Gasteiger partial charge >= 0.3 is 5.97 Å². The van der Waals surface area contributed by atoms with Crippen molar-refractivity contribution in [2.45, 2.75) is 37.1 Å². The number of rotatable bonds is 5. The SMILES string of the molecule is C[C@H]1CCCCN1S(=O)(=O)c1cccc(C(=O)OCC(N)=O)c1. The molecule has 7 nitrogen and oxygen atoms in total. The van der Waals surface area contributed by atoms with Crippen LogP contribution in [0.25, 0.3) is 0 Å². The fourth-order valence-electron chi connectivity index (χ4n) is 2.57. The Morgan fingerprint density at radius 2 is 2.09 bits per heavy atom. The maximum absolute atomic E-state index is 12.7. The van der Waals surface area contributed by atoms with Gasteiger partial charge in [0.15, 0.2) is 6.61 Å². The number of ether oxygens (including phenoxy) is 1. The summed E-state index contributed by atoms with van der Waals surface area (Å²) in [6.07, 6.45) is 2.65. The lowest BCUT2D eigenvalue weighted by Gasteiger charge is -2.32. The summed E-state index contributed by atoms with van der Waals surface area (Å²) < 4.78 is 31.6. The average molecular weight is 340 g/mol. The summed E-state index contributed by atoms with van der Waals surface area (Å²) in [6.45, 7) is 1.81. The van der Waals surface area contributed by atoms with E-state index in [1.54, 1.807) is 0 Å². The van der Waals surface area contributed by atoms with E-state index in [0.29, 0.717) is 6.54 Å². The Hall–Kier alpha value is -1.93. The van der Waals surface area contributed by atoms with Crippen LogP contribution in [0.4, 0.5) is 0 Å². The van der Waals surface area contributed by atoms with Gasteiger partial charge in [0.2, 0.25) is 10.0 Å². The van der Waals surface area contributed by atoms with Crippen LogP contribution in [0.5, 0.6) is 0 Å². The lowest BCUT2D eigenvalue weighted by Crippen LogP contribution is -2.41. The maximum atomic E-state index is 12.7. The Bertz CT molecular complexity index is 702. The van der Waals surface area contributed by atoms with Crippen LogP contribution >= 0.6 is 0 Å². The number of hydrogen-bond acceptors (Lipinski definition) is 5. The van der Waals surface area contributed by atoms with Crippen molar-refractivity contribution in [3.8, 4) is 0 Å². The van der Waals surface area contributed by atoms with Gasteiger partial charge in [0.25, 0.3) is 5.91 Å². The van der Waals surface area contributed by atoms with Gasteiger partial charge in [-0.05, 0) is 38.0 Å². The predicted molar refractivity (Wildman–Crippen MR) is 83.1 cm³/mol. The van der Waals surface area contributed by atoms with Crippen molar-refractivity contribution < 1.29 is 22.7 Å². The van der Waals surface area contributed by atoms with Gasteiger partial charge in [0, 0.05) is 12.6 Å². The summed E-state index contributed by atoms with van der Waals surface area (Å²) >= 11 is 0. The van der Waals surface area contributed by atoms with Gasteiger partial charge in [-0.15, -0.1) is 0 Å². The molecule has 8 heteroatoms. The topological polar surface area (TPSA) is 107 Å². The van der Waals surface area contributed by atoms with E-state index in [0.717, 1.165) is 19.3 Å². The number of nitrogens with two attached hydrogens (primary N) is 1. The van der Waals surface area contributed by atoms with Gasteiger partial charge in [-0.3, -0.25) is 4.79 Å². The van der Waals surface area contributed by atoms with Gasteiger partial charge in [0.05, 0.1) is 10.5 Å². The molecule has 0 unspecified atom stereocenters. The van der Waals surface area contributed by atoms with E-state index in [-0.39, 0.29) is 16.5 Å². The summed E-state index contributed by atoms with van der Waals surface area (Å²) in [5.74, 6) is -1.56. The summed E-state index contributed by atoms with van der Waals surface area (Å²) in [6, 6.07) is 5.55. The van der Waals surface area contributed by atoms with Gasteiger partial charge in [-0.1, -0.05) is 12.5 Å². The largest absolute Gasteiger partial charge is 0.452 e. The van der Waals surface area contributed by atoms with Crippen molar-refractivity contribution in [1.82, 2.24) is 4.31 Å². The van der Waals surface area contributed by atoms with Crippen LogP contribution in [0.3, 0.4) is 0 Å². The summed E-state index contributed by atoms with van der Waals surface area (Å²) in [5.41, 5.74) is 4.98. The normalized spacial score (nSPS) is 19.3. The maximum Gasteiger partial charge on any atom is 0.338 e. The molecule has 23 heavy (non-hydrogen) atoms. The van der Waals surface area contributed by atoms with Crippen LogP contribution < -0.4 is 5.73 Å². The Labute approximate surface area is 135 Å². The molecule has 0 radical (unpaired) electrons. The van der Waals surface area contributed by atoms with E-state index < -0.39 is 28.5 Å². The highest BCUT2D eigenvalue weighted by molar-refractivity contribution is 7.89. The monoisotopic (exact) mass is 340 g/mol. The molecular formula is C15H20N2O5S. The first kappa shape index (κ1) is 17.4.